The number of hydrogen-bond donors (Lipinski definition) is 0. The fraction of sp³-hybridized carbons (Fsp3) is 0.700. The first-order chi connectivity index (χ1) is 6.61. The maximum atomic E-state index is 12.8. The number of nitrogens with zero attached hydrogens (tertiary/aromatic N) is 2. The van der Waals surface area contributed by atoms with E-state index >= 15 is 0 Å². The minimum absolute atomic E-state index is 0.477. The topological polar surface area (TPSA) is 29.3 Å². The van der Waals surface area contributed by atoms with Crippen molar-refractivity contribution in [1.29, 1.82) is 0 Å². The van der Waals surface area contributed by atoms with Gasteiger partial charge in [0.05, 0.1) is 5.56 Å². The molecule has 1 heterocycles. The van der Waals surface area contributed by atoms with Gasteiger partial charge in [-0.2, -0.15) is 4.39 Å². The highest BCUT2D eigenvalue weighted by Crippen LogP contribution is 2.11. The summed E-state index contributed by atoms with van der Waals surface area (Å²) in [5.41, 5.74) is 0.587. The van der Waals surface area contributed by atoms with E-state index in [1.54, 1.807) is 6.92 Å². The molecule has 0 amide bonds. The van der Waals surface area contributed by atoms with Crippen molar-refractivity contribution in [2.75, 3.05) is 20.6 Å². The van der Waals surface area contributed by atoms with E-state index in [4.69, 9.17) is 0 Å². The van der Waals surface area contributed by atoms with E-state index in [-0.39, 0.29) is 0 Å². The van der Waals surface area contributed by atoms with Gasteiger partial charge < -0.3 is 9.42 Å². The Kier molecular flexibility index (Phi) is 6.12. The van der Waals surface area contributed by atoms with E-state index in [1.807, 2.05) is 32.8 Å². The lowest BCUT2D eigenvalue weighted by molar-refractivity contribution is 0.360. The van der Waals surface area contributed by atoms with Gasteiger partial charge in [0.2, 0.25) is 0 Å². The Labute approximate surface area is 84.9 Å². The van der Waals surface area contributed by atoms with Gasteiger partial charge in [-0.25, -0.2) is 0 Å². The van der Waals surface area contributed by atoms with Crippen LogP contribution in [0.1, 0.15) is 25.2 Å². The van der Waals surface area contributed by atoms with E-state index in [1.165, 1.54) is 0 Å². The molecule has 0 spiro atoms. The summed E-state index contributed by atoms with van der Waals surface area (Å²) in [4.78, 5) is 1.99. The van der Waals surface area contributed by atoms with E-state index in [0.717, 1.165) is 6.54 Å². The molecular weight excluding hydrogens is 183 g/mol. The summed E-state index contributed by atoms with van der Waals surface area (Å²) < 4.78 is 17.5. The Balaban J connectivity index is 0.000000791. The van der Waals surface area contributed by atoms with Gasteiger partial charge in [0.25, 0.3) is 5.95 Å². The lowest BCUT2D eigenvalue weighted by atomic mass is 10.2. The zero-order valence-corrected chi connectivity index (χ0v) is 9.59. The minimum atomic E-state index is -0.477. The maximum absolute atomic E-state index is 12.8. The zero-order valence-electron chi connectivity index (χ0n) is 9.59. The molecule has 0 aromatic carbocycles. The molecule has 0 aliphatic heterocycles. The summed E-state index contributed by atoms with van der Waals surface area (Å²) in [5.74, 6) is 0.101. The number of aromatic nitrogens is 1. The molecule has 14 heavy (non-hydrogen) atoms. The van der Waals surface area contributed by atoms with Gasteiger partial charge in [0, 0.05) is 6.54 Å². The largest absolute Gasteiger partial charge is 0.358 e. The van der Waals surface area contributed by atoms with Crippen molar-refractivity contribution in [2.45, 2.75) is 27.2 Å². The first kappa shape index (κ1) is 13.1. The van der Waals surface area contributed by atoms with Crippen LogP contribution in [0.25, 0.3) is 0 Å². The predicted molar refractivity (Wildman–Crippen MR) is 54.8 cm³/mol. The summed E-state index contributed by atoms with van der Waals surface area (Å²) in [6, 6.07) is 0. The Morgan fingerprint density at radius 3 is 2.29 bits per heavy atom. The third kappa shape index (κ3) is 3.87. The summed E-state index contributed by atoms with van der Waals surface area (Å²) in [6.45, 7) is 6.53. The summed E-state index contributed by atoms with van der Waals surface area (Å²) in [7, 11) is 3.89. The average molecular weight is 202 g/mol. The molecule has 82 valence electrons. The number of hydrogen-bond acceptors (Lipinski definition) is 3. The van der Waals surface area contributed by atoms with Crippen LogP contribution in [-0.4, -0.2) is 30.7 Å². The molecule has 0 saturated carbocycles. The standard InChI is InChI=1S/C8H13FN2O.C2H6/c1-6-7(4-5-11(2)3)8(9)10-12-6;1-2/h4-5H2,1-3H3;1-2H3. The van der Waals surface area contributed by atoms with Crippen molar-refractivity contribution in [1.82, 2.24) is 10.1 Å². The smallest absolute Gasteiger partial charge is 0.257 e. The van der Waals surface area contributed by atoms with Gasteiger partial charge in [0.15, 0.2) is 0 Å². The van der Waals surface area contributed by atoms with Crippen LogP contribution in [0, 0.1) is 12.9 Å². The fourth-order valence-electron chi connectivity index (χ4n) is 0.979. The molecular formula is C10H19FN2O. The normalized spacial score (nSPS) is 9.93. The molecule has 3 nitrogen and oxygen atoms in total. The fourth-order valence-corrected chi connectivity index (χ4v) is 0.979. The van der Waals surface area contributed by atoms with E-state index < -0.39 is 5.95 Å². The molecule has 0 aliphatic rings. The van der Waals surface area contributed by atoms with Gasteiger partial charge in [-0.3, -0.25) is 0 Å². The third-order valence-corrected chi connectivity index (χ3v) is 1.75. The number of likely N-dealkylation sites (N-methyl/N-ethyl adjacent to an activating group) is 1. The molecule has 0 saturated heterocycles. The molecule has 1 aromatic heterocycles. The van der Waals surface area contributed by atoms with Crippen LogP contribution in [0.2, 0.25) is 0 Å². The first-order valence-electron chi connectivity index (χ1n) is 4.86. The van der Waals surface area contributed by atoms with Crippen LogP contribution in [0.3, 0.4) is 0 Å². The molecule has 1 aromatic rings. The van der Waals surface area contributed by atoms with Gasteiger partial charge >= 0.3 is 0 Å². The van der Waals surface area contributed by atoms with Crippen molar-refractivity contribution in [3.05, 3.63) is 17.3 Å². The Bertz CT molecular complexity index is 239. The number of rotatable bonds is 3. The first-order valence-corrected chi connectivity index (χ1v) is 4.86. The van der Waals surface area contributed by atoms with Crippen LogP contribution < -0.4 is 0 Å². The summed E-state index contributed by atoms with van der Waals surface area (Å²) in [6.07, 6.45) is 0.647. The van der Waals surface area contributed by atoms with E-state index in [2.05, 4.69) is 9.68 Å². The van der Waals surface area contributed by atoms with Crippen LogP contribution in [0.5, 0.6) is 0 Å². The third-order valence-electron chi connectivity index (χ3n) is 1.75. The quantitative estimate of drug-likeness (QED) is 0.752. The Morgan fingerprint density at radius 2 is 1.93 bits per heavy atom. The molecule has 0 aliphatic carbocycles. The summed E-state index contributed by atoms with van der Waals surface area (Å²) in [5, 5.41) is 3.23. The molecule has 0 radical (unpaired) electrons. The SMILES string of the molecule is CC.Cc1onc(F)c1CCN(C)C. The predicted octanol–water partition coefficient (Wildman–Crippen LogP) is 2.25. The number of aryl methyl sites for hydroxylation is 1. The summed E-state index contributed by atoms with van der Waals surface area (Å²) >= 11 is 0. The number of halogens is 1. The zero-order chi connectivity index (χ0) is 11.1. The molecule has 1 rings (SSSR count). The second-order valence-electron chi connectivity index (χ2n) is 3.06. The molecule has 0 bridgehead atoms. The second kappa shape index (κ2) is 6.54. The molecule has 0 N–H and O–H groups in total. The van der Waals surface area contributed by atoms with Crippen molar-refractivity contribution in [3.63, 3.8) is 0 Å². The van der Waals surface area contributed by atoms with E-state index in [9.17, 15) is 4.39 Å². The second-order valence-corrected chi connectivity index (χ2v) is 3.06. The lowest BCUT2D eigenvalue weighted by Gasteiger charge is -2.07. The highest BCUT2D eigenvalue weighted by Gasteiger charge is 2.11. The van der Waals surface area contributed by atoms with Crippen LogP contribution in [0.15, 0.2) is 4.52 Å². The molecule has 0 atom stereocenters. The highest BCUT2D eigenvalue weighted by molar-refractivity contribution is 5.13. The van der Waals surface area contributed by atoms with Crippen LogP contribution in [0.4, 0.5) is 4.39 Å². The monoisotopic (exact) mass is 202 g/mol. The van der Waals surface area contributed by atoms with Crippen molar-refractivity contribution in [3.8, 4) is 0 Å². The average Bonchev–Trinajstić information content (AvgIpc) is 2.47. The van der Waals surface area contributed by atoms with Gasteiger partial charge in [-0.05, 0) is 32.6 Å². The maximum Gasteiger partial charge on any atom is 0.257 e. The van der Waals surface area contributed by atoms with E-state index in [0.29, 0.717) is 17.7 Å². The van der Waals surface area contributed by atoms with Crippen molar-refractivity contribution >= 4 is 0 Å². The lowest BCUT2D eigenvalue weighted by Crippen LogP contribution is -2.15. The highest BCUT2D eigenvalue weighted by atomic mass is 19.1. The Morgan fingerprint density at radius 1 is 1.36 bits per heavy atom. The van der Waals surface area contributed by atoms with Crippen molar-refractivity contribution in [2.24, 2.45) is 0 Å². The molecule has 0 unspecified atom stereocenters. The van der Waals surface area contributed by atoms with Gasteiger partial charge in [0.1, 0.15) is 5.76 Å². The van der Waals surface area contributed by atoms with Crippen LogP contribution in [-0.2, 0) is 6.42 Å². The minimum Gasteiger partial charge on any atom is -0.358 e. The van der Waals surface area contributed by atoms with Gasteiger partial charge in [-0.15, -0.1) is 0 Å². The van der Waals surface area contributed by atoms with Crippen molar-refractivity contribution < 1.29 is 8.91 Å². The molecule has 0 fully saturated rings. The Hall–Kier alpha value is -0.900. The van der Waals surface area contributed by atoms with Crippen LogP contribution >= 0.6 is 0 Å². The molecule has 4 heteroatoms. The van der Waals surface area contributed by atoms with Gasteiger partial charge in [-0.1, -0.05) is 13.8 Å².